The topological polar surface area (TPSA) is 63.2 Å². The van der Waals surface area contributed by atoms with Crippen molar-refractivity contribution in [1.29, 1.82) is 0 Å². The molecule has 0 saturated carbocycles. The van der Waals surface area contributed by atoms with Crippen LogP contribution < -0.4 is 14.2 Å². The van der Waals surface area contributed by atoms with Gasteiger partial charge in [-0.05, 0) is 6.92 Å². The van der Waals surface area contributed by atoms with Gasteiger partial charge in [0.1, 0.15) is 23.4 Å². The van der Waals surface area contributed by atoms with Crippen LogP contribution in [-0.4, -0.2) is 39.5 Å². The van der Waals surface area contributed by atoms with Crippen molar-refractivity contribution in [3.05, 3.63) is 17.7 Å². The predicted octanol–water partition coefficient (Wildman–Crippen LogP) is 2.10. The first-order chi connectivity index (χ1) is 10.6. The van der Waals surface area contributed by atoms with Gasteiger partial charge in [0.2, 0.25) is 0 Å². The quantitative estimate of drug-likeness (QED) is 0.794. The maximum absolute atomic E-state index is 11.6. The number of rotatable bonds is 4. The molecule has 0 aromatic heterocycles. The summed E-state index contributed by atoms with van der Waals surface area (Å²) in [7, 11) is 4.76. The minimum absolute atomic E-state index is 0.0290. The van der Waals surface area contributed by atoms with Gasteiger partial charge in [0.25, 0.3) is 0 Å². The van der Waals surface area contributed by atoms with Crippen LogP contribution in [0.5, 0.6) is 17.2 Å². The van der Waals surface area contributed by atoms with Crippen LogP contribution in [-0.2, 0) is 14.3 Å². The van der Waals surface area contributed by atoms with E-state index >= 15 is 0 Å². The summed E-state index contributed by atoms with van der Waals surface area (Å²) in [5.74, 6) is 1.67. The summed E-state index contributed by atoms with van der Waals surface area (Å²) >= 11 is 0. The Morgan fingerprint density at radius 3 is 2.27 bits per heavy atom. The summed E-state index contributed by atoms with van der Waals surface area (Å²) < 4.78 is 27.7. The molecule has 0 radical (unpaired) electrons. The Balaban J connectivity index is 2.05. The lowest BCUT2D eigenvalue weighted by Gasteiger charge is -2.22. The maximum atomic E-state index is 11.6. The number of esters is 1. The first-order valence-electron chi connectivity index (χ1n) is 7.24. The largest absolute Gasteiger partial charge is 0.496 e. The number of benzene rings is 1. The van der Waals surface area contributed by atoms with E-state index in [2.05, 4.69) is 0 Å². The van der Waals surface area contributed by atoms with Gasteiger partial charge in [-0.2, -0.15) is 0 Å². The minimum Gasteiger partial charge on any atom is -0.496 e. The van der Waals surface area contributed by atoms with Crippen LogP contribution >= 0.6 is 0 Å². The fourth-order valence-corrected chi connectivity index (χ4v) is 3.32. The smallest absolute Gasteiger partial charge is 0.306 e. The zero-order valence-corrected chi connectivity index (χ0v) is 13.1. The molecule has 2 saturated heterocycles. The number of fused-ring (bicyclic) bond motifs is 1. The summed E-state index contributed by atoms with van der Waals surface area (Å²) in [6, 6.07) is 3.58. The second-order valence-corrected chi connectivity index (χ2v) is 5.53. The van der Waals surface area contributed by atoms with E-state index in [-0.39, 0.29) is 30.2 Å². The molecule has 2 aliphatic rings. The highest BCUT2D eigenvalue weighted by Gasteiger charge is 2.52. The lowest BCUT2D eigenvalue weighted by Crippen LogP contribution is -2.21. The second kappa shape index (κ2) is 5.68. The van der Waals surface area contributed by atoms with Gasteiger partial charge in [0.15, 0.2) is 0 Å². The molecule has 120 valence electrons. The van der Waals surface area contributed by atoms with Crippen LogP contribution in [0.2, 0.25) is 0 Å². The number of hydrogen-bond donors (Lipinski definition) is 0. The van der Waals surface area contributed by atoms with Crippen LogP contribution in [0.4, 0.5) is 0 Å². The number of carbonyl (C=O) groups excluding carboxylic acids is 1. The van der Waals surface area contributed by atoms with Crippen molar-refractivity contribution in [3.63, 3.8) is 0 Å². The molecule has 0 amide bonds. The van der Waals surface area contributed by atoms with E-state index in [0.717, 1.165) is 5.56 Å². The molecule has 1 aromatic rings. The molecule has 0 bridgehead atoms. The van der Waals surface area contributed by atoms with Gasteiger partial charge in [-0.1, -0.05) is 0 Å². The Bertz CT molecular complexity index is 559. The molecule has 2 fully saturated rings. The third-order valence-electron chi connectivity index (χ3n) is 4.34. The summed E-state index contributed by atoms with van der Waals surface area (Å²) in [4.78, 5) is 11.6. The van der Waals surface area contributed by atoms with Crippen LogP contribution in [0, 0.1) is 5.92 Å². The maximum Gasteiger partial charge on any atom is 0.306 e. The van der Waals surface area contributed by atoms with E-state index in [1.54, 1.807) is 33.5 Å². The predicted molar refractivity (Wildman–Crippen MR) is 77.4 cm³/mol. The van der Waals surface area contributed by atoms with Gasteiger partial charge in [-0.3, -0.25) is 4.79 Å². The molecule has 0 unspecified atom stereocenters. The number of carbonyl (C=O) groups is 1. The van der Waals surface area contributed by atoms with Gasteiger partial charge in [0.05, 0.1) is 45.5 Å². The molecule has 0 N–H and O–H groups in total. The molecular formula is C16H20O6. The second-order valence-electron chi connectivity index (χ2n) is 5.53. The van der Waals surface area contributed by atoms with Gasteiger partial charge in [-0.25, -0.2) is 0 Å². The Morgan fingerprint density at radius 2 is 1.73 bits per heavy atom. The van der Waals surface area contributed by atoms with Crippen molar-refractivity contribution >= 4 is 5.97 Å². The van der Waals surface area contributed by atoms with Crippen LogP contribution in [0.15, 0.2) is 12.1 Å². The third kappa shape index (κ3) is 2.27. The highest BCUT2D eigenvalue weighted by Crippen LogP contribution is 2.51. The van der Waals surface area contributed by atoms with Crippen LogP contribution in [0.3, 0.4) is 0 Å². The van der Waals surface area contributed by atoms with Gasteiger partial charge in [0, 0.05) is 18.1 Å². The molecule has 3 rings (SSSR count). The summed E-state index contributed by atoms with van der Waals surface area (Å²) in [5, 5.41) is 0. The van der Waals surface area contributed by atoms with E-state index in [9.17, 15) is 4.79 Å². The molecule has 0 spiro atoms. The van der Waals surface area contributed by atoms with Crippen molar-refractivity contribution in [2.24, 2.45) is 5.92 Å². The molecule has 6 nitrogen and oxygen atoms in total. The third-order valence-corrected chi connectivity index (χ3v) is 4.34. The van der Waals surface area contributed by atoms with Gasteiger partial charge in [-0.15, -0.1) is 0 Å². The Morgan fingerprint density at radius 1 is 1.09 bits per heavy atom. The molecule has 4 atom stereocenters. The number of methoxy groups -OCH3 is 3. The average Bonchev–Trinajstić information content (AvgIpc) is 3.04. The number of hydrogen-bond acceptors (Lipinski definition) is 6. The van der Waals surface area contributed by atoms with E-state index in [1.807, 2.05) is 6.92 Å². The van der Waals surface area contributed by atoms with Crippen molar-refractivity contribution in [2.75, 3.05) is 21.3 Å². The fourth-order valence-electron chi connectivity index (χ4n) is 3.32. The summed E-state index contributed by atoms with van der Waals surface area (Å²) in [6.45, 7) is 1.92. The Kier molecular flexibility index (Phi) is 3.87. The monoisotopic (exact) mass is 308 g/mol. The lowest BCUT2D eigenvalue weighted by atomic mass is 9.90. The van der Waals surface area contributed by atoms with Gasteiger partial charge >= 0.3 is 5.97 Å². The normalized spacial score (nSPS) is 29.9. The Hall–Kier alpha value is -1.95. The van der Waals surface area contributed by atoms with Crippen molar-refractivity contribution in [3.8, 4) is 17.2 Å². The first kappa shape index (κ1) is 15.0. The molecule has 6 heteroatoms. The highest BCUT2D eigenvalue weighted by atomic mass is 16.6. The zero-order valence-electron chi connectivity index (χ0n) is 13.1. The van der Waals surface area contributed by atoms with E-state index in [1.165, 1.54) is 0 Å². The summed E-state index contributed by atoms with van der Waals surface area (Å²) in [5.41, 5.74) is 0.795. The van der Waals surface area contributed by atoms with Crippen LogP contribution in [0.1, 0.15) is 25.0 Å². The SMILES string of the molecule is COc1cc(OC)c([C@H]2O[C@@H](C)[C@@H]3OC(=O)C[C@@H]32)c(OC)c1. The lowest BCUT2D eigenvalue weighted by molar-refractivity contribution is -0.145. The van der Waals surface area contributed by atoms with Crippen molar-refractivity contribution in [1.82, 2.24) is 0 Å². The average molecular weight is 308 g/mol. The molecule has 1 aromatic carbocycles. The number of ether oxygens (including phenoxy) is 5. The standard InChI is InChI=1S/C16H20O6/c1-8-15-10(7-13(17)22-15)16(21-8)14-11(19-3)5-9(18-2)6-12(14)20-4/h5-6,8,10,15-16H,7H2,1-4H3/t8-,10-,15-,16-/m0/s1. The van der Waals surface area contributed by atoms with E-state index < -0.39 is 0 Å². The zero-order chi connectivity index (χ0) is 15.9. The van der Waals surface area contributed by atoms with Crippen molar-refractivity contribution in [2.45, 2.75) is 31.7 Å². The molecular weight excluding hydrogens is 288 g/mol. The summed E-state index contributed by atoms with van der Waals surface area (Å²) in [6.07, 6.45) is -0.327. The highest BCUT2D eigenvalue weighted by molar-refractivity contribution is 5.73. The fraction of sp³-hybridized carbons (Fsp3) is 0.562. The van der Waals surface area contributed by atoms with Crippen LogP contribution in [0.25, 0.3) is 0 Å². The van der Waals surface area contributed by atoms with Crippen molar-refractivity contribution < 1.29 is 28.5 Å². The Labute approximate surface area is 129 Å². The first-order valence-corrected chi connectivity index (χ1v) is 7.24. The molecule has 22 heavy (non-hydrogen) atoms. The van der Waals surface area contributed by atoms with Gasteiger partial charge < -0.3 is 23.7 Å². The molecule has 2 aliphatic heterocycles. The van der Waals surface area contributed by atoms with E-state index in [4.69, 9.17) is 23.7 Å². The van der Waals surface area contributed by atoms with E-state index in [0.29, 0.717) is 23.7 Å². The minimum atomic E-state index is -0.303. The molecule has 0 aliphatic carbocycles. The molecule has 2 heterocycles.